The molecular weight excluding hydrogens is 631 g/mol. The lowest BCUT2D eigenvalue weighted by atomic mass is 9.75. The Hall–Kier alpha value is -3.15. The van der Waals surface area contributed by atoms with Crippen molar-refractivity contribution in [1.82, 2.24) is 20.4 Å². The summed E-state index contributed by atoms with van der Waals surface area (Å²) < 4.78 is 58.0. The van der Waals surface area contributed by atoms with Gasteiger partial charge in [0.2, 0.25) is 5.96 Å². The fourth-order valence-corrected chi connectivity index (χ4v) is 6.80. The molecule has 3 N–H and O–H groups in total. The Labute approximate surface area is 269 Å². The van der Waals surface area contributed by atoms with E-state index >= 15 is 0 Å². The van der Waals surface area contributed by atoms with Crippen LogP contribution in [0.15, 0.2) is 53.5 Å². The number of nitrogens with zero attached hydrogens (tertiary/aromatic N) is 3. The van der Waals surface area contributed by atoms with E-state index in [-0.39, 0.29) is 28.1 Å². The molecule has 1 unspecified atom stereocenters. The molecular formula is C32H36Cl2F4N6O. The van der Waals surface area contributed by atoms with Crippen molar-refractivity contribution in [1.29, 1.82) is 0 Å². The van der Waals surface area contributed by atoms with Crippen molar-refractivity contribution in [3.05, 3.63) is 75.7 Å². The van der Waals surface area contributed by atoms with Crippen molar-refractivity contribution in [3.63, 3.8) is 0 Å². The molecule has 2 aliphatic rings. The van der Waals surface area contributed by atoms with E-state index < -0.39 is 35.2 Å². The average molecular weight is 668 g/mol. The number of amides is 1. The van der Waals surface area contributed by atoms with Gasteiger partial charge in [-0.2, -0.15) is 23.3 Å². The number of carbonyl (C=O) groups is 1. The SMILES string of the molecule is O=C(NC(=Nc1cc(C(F)(F)F)nn1C1CCCNC12CCCCCCCCC2)Nc1cc(F)cc(Cl)c1)c1cccc(Cl)c1. The van der Waals surface area contributed by atoms with Gasteiger partial charge in [0.25, 0.3) is 5.91 Å². The number of piperidine rings is 1. The summed E-state index contributed by atoms with van der Waals surface area (Å²) in [5, 5.41) is 13.6. The number of hydrogen-bond donors (Lipinski definition) is 3. The molecule has 1 aromatic heterocycles. The molecule has 5 rings (SSSR count). The number of aliphatic imine (C=N–C) groups is 1. The van der Waals surface area contributed by atoms with E-state index in [0.29, 0.717) is 11.4 Å². The van der Waals surface area contributed by atoms with Crippen LogP contribution in [0, 0.1) is 5.82 Å². The fourth-order valence-electron chi connectivity index (χ4n) is 6.39. The summed E-state index contributed by atoms with van der Waals surface area (Å²) in [5.41, 5.74) is -1.22. The second-order valence-electron chi connectivity index (χ2n) is 11.8. The third kappa shape index (κ3) is 8.56. The van der Waals surface area contributed by atoms with Gasteiger partial charge in [0.05, 0.1) is 6.04 Å². The average Bonchev–Trinajstić information content (AvgIpc) is 3.40. The van der Waals surface area contributed by atoms with Gasteiger partial charge in [-0.15, -0.1) is 0 Å². The van der Waals surface area contributed by atoms with E-state index in [0.717, 1.165) is 82.5 Å². The van der Waals surface area contributed by atoms with Crippen LogP contribution in [0.5, 0.6) is 0 Å². The van der Waals surface area contributed by atoms with Crippen LogP contribution in [0.2, 0.25) is 10.0 Å². The van der Waals surface area contributed by atoms with E-state index in [4.69, 9.17) is 23.2 Å². The van der Waals surface area contributed by atoms with Crippen molar-refractivity contribution >= 4 is 46.6 Å². The highest BCUT2D eigenvalue weighted by Crippen LogP contribution is 2.43. The summed E-state index contributed by atoms with van der Waals surface area (Å²) in [6, 6.07) is 10.3. The molecule has 3 aromatic rings. The van der Waals surface area contributed by atoms with Crippen LogP contribution < -0.4 is 16.0 Å². The third-order valence-corrected chi connectivity index (χ3v) is 8.94. The number of rotatable bonds is 4. The van der Waals surface area contributed by atoms with Crippen molar-refractivity contribution in [2.45, 2.75) is 88.4 Å². The molecule has 1 saturated heterocycles. The molecule has 2 heterocycles. The van der Waals surface area contributed by atoms with Crippen molar-refractivity contribution in [2.24, 2.45) is 4.99 Å². The Kier molecular flexibility index (Phi) is 10.7. The van der Waals surface area contributed by atoms with Crippen molar-refractivity contribution in [3.8, 4) is 0 Å². The summed E-state index contributed by atoms with van der Waals surface area (Å²) in [7, 11) is 0. The molecule has 1 aliphatic carbocycles. The monoisotopic (exact) mass is 666 g/mol. The van der Waals surface area contributed by atoms with Crippen LogP contribution in [0.25, 0.3) is 0 Å². The highest BCUT2D eigenvalue weighted by Gasteiger charge is 2.44. The minimum absolute atomic E-state index is 0.0774. The lowest BCUT2D eigenvalue weighted by Gasteiger charge is -2.46. The van der Waals surface area contributed by atoms with Gasteiger partial charge in [0.15, 0.2) is 11.5 Å². The quantitative estimate of drug-likeness (QED) is 0.147. The van der Waals surface area contributed by atoms with Crippen LogP contribution >= 0.6 is 23.2 Å². The molecule has 2 aromatic carbocycles. The maximum atomic E-state index is 14.2. The molecule has 0 radical (unpaired) electrons. The van der Waals surface area contributed by atoms with E-state index in [9.17, 15) is 22.4 Å². The predicted molar refractivity (Wildman–Crippen MR) is 169 cm³/mol. The normalized spacial score (nSPS) is 19.7. The largest absolute Gasteiger partial charge is 0.435 e. The van der Waals surface area contributed by atoms with Gasteiger partial charge in [0, 0.05) is 32.9 Å². The number of halogens is 6. The number of hydrogen-bond acceptors (Lipinski definition) is 4. The Balaban J connectivity index is 1.59. The Morgan fingerprint density at radius 1 is 0.956 bits per heavy atom. The topological polar surface area (TPSA) is 83.3 Å². The Morgan fingerprint density at radius 2 is 1.67 bits per heavy atom. The van der Waals surface area contributed by atoms with Gasteiger partial charge in [-0.05, 0) is 68.6 Å². The van der Waals surface area contributed by atoms with Crippen molar-refractivity contribution < 1.29 is 22.4 Å². The third-order valence-electron chi connectivity index (χ3n) is 8.49. The predicted octanol–water partition coefficient (Wildman–Crippen LogP) is 9.07. The zero-order valence-corrected chi connectivity index (χ0v) is 26.2. The maximum Gasteiger partial charge on any atom is 0.435 e. The number of benzene rings is 2. The van der Waals surface area contributed by atoms with E-state index in [1.807, 2.05) is 0 Å². The van der Waals surface area contributed by atoms with Crippen LogP contribution in [0.4, 0.5) is 29.1 Å². The molecule has 13 heteroatoms. The Bertz CT molecular complexity index is 1500. The minimum Gasteiger partial charge on any atom is -0.325 e. The molecule has 1 aliphatic heterocycles. The summed E-state index contributed by atoms with van der Waals surface area (Å²) in [5.74, 6) is -1.61. The molecule has 1 amide bonds. The van der Waals surface area contributed by atoms with Crippen LogP contribution in [0.3, 0.4) is 0 Å². The first-order valence-corrected chi connectivity index (χ1v) is 16.1. The molecule has 2 fully saturated rings. The van der Waals surface area contributed by atoms with E-state index in [2.05, 4.69) is 26.0 Å². The van der Waals surface area contributed by atoms with Crippen LogP contribution in [-0.4, -0.2) is 33.7 Å². The molecule has 1 atom stereocenters. The molecule has 45 heavy (non-hydrogen) atoms. The first-order valence-electron chi connectivity index (χ1n) is 15.3. The van der Waals surface area contributed by atoms with Gasteiger partial charge in [-0.3, -0.25) is 10.1 Å². The number of nitrogens with one attached hydrogen (secondary N) is 3. The van der Waals surface area contributed by atoms with Gasteiger partial charge < -0.3 is 10.6 Å². The van der Waals surface area contributed by atoms with Gasteiger partial charge in [-0.25, -0.2) is 9.07 Å². The number of carbonyl (C=O) groups excluding carboxylic acids is 1. The second-order valence-corrected chi connectivity index (χ2v) is 12.6. The minimum atomic E-state index is -4.73. The zero-order valence-electron chi connectivity index (χ0n) is 24.7. The van der Waals surface area contributed by atoms with Crippen molar-refractivity contribution in [2.75, 3.05) is 11.9 Å². The number of alkyl halides is 3. The Morgan fingerprint density at radius 3 is 2.33 bits per heavy atom. The molecule has 1 spiro atoms. The summed E-state index contributed by atoms with van der Waals surface area (Å²) >= 11 is 12.1. The summed E-state index contributed by atoms with van der Waals surface area (Å²) in [4.78, 5) is 17.8. The first kappa shape index (κ1) is 33.2. The lowest BCUT2D eigenvalue weighted by molar-refractivity contribution is -0.141. The van der Waals surface area contributed by atoms with Crippen LogP contribution in [0.1, 0.15) is 92.7 Å². The molecule has 1 saturated carbocycles. The summed E-state index contributed by atoms with van der Waals surface area (Å²) in [6.45, 7) is 0.769. The highest BCUT2D eigenvalue weighted by molar-refractivity contribution is 6.31. The van der Waals surface area contributed by atoms with E-state index in [1.54, 1.807) is 12.1 Å². The smallest absolute Gasteiger partial charge is 0.325 e. The second kappa shape index (κ2) is 14.5. The van der Waals surface area contributed by atoms with Gasteiger partial charge in [-0.1, -0.05) is 74.2 Å². The number of guanidine groups is 1. The molecule has 7 nitrogen and oxygen atoms in total. The van der Waals surface area contributed by atoms with Gasteiger partial charge >= 0.3 is 6.18 Å². The summed E-state index contributed by atoms with van der Waals surface area (Å²) in [6.07, 6.45) is 5.78. The van der Waals surface area contributed by atoms with E-state index in [1.165, 1.54) is 29.3 Å². The molecule has 0 bridgehead atoms. The molecule has 242 valence electrons. The van der Waals surface area contributed by atoms with Gasteiger partial charge in [0.1, 0.15) is 5.82 Å². The lowest BCUT2D eigenvalue weighted by Crippen LogP contribution is -2.55. The number of anilines is 1. The number of aromatic nitrogens is 2. The fraction of sp³-hybridized carbons (Fsp3) is 0.469. The van der Waals surface area contributed by atoms with Crippen LogP contribution in [-0.2, 0) is 6.18 Å². The first-order chi connectivity index (χ1) is 21.5. The standard InChI is InChI=1S/C32H36Cl2F4N6O/c33-22-11-8-10-21(16-22)29(45)42-30(40-25-18-23(34)17-24(35)19-25)41-28-20-26(32(36,37)38)43-44(28)27-12-9-15-39-31(27)13-6-4-2-1-3-5-7-14-31/h8,10-11,16-20,27,39H,1-7,9,12-15H2,(H2,40,41,42,45). The highest BCUT2D eigenvalue weighted by atomic mass is 35.5. The zero-order chi connectivity index (χ0) is 32.0. The maximum absolute atomic E-state index is 14.2.